The van der Waals surface area contributed by atoms with Crippen molar-refractivity contribution in [2.24, 2.45) is 0 Å². The summed E-state index contributed by atoms with van der Waals surface area (Å²) in [5.41, 5.74) is 0.568. The number of carbonyl (C=O) groups excluding carboxylic acids is 2. The summed E-state index contributed by atoms with van der Waals surface area (Å²) in [6.07, 6.45) is 0.978. The van der Waals surface area contributed by atoms with Crippen LogP contribution < -0.4 is 9.62 Å². The third-order valence-electron chi connectivity index (χ3n) is 6.10. The Labute approximate surface area is 255 Å². The van der Waals surface area contributed by atoms with Gasteiger partial charge in [0.15, 0.2) is 0 Å². The van der Waals surface area contributed by atoms with E-state index in [-0.39, 0.29) is 39.5 Å². The van der Waals surface area contributed by atoms with Crippen LogP contribution in [0.4, 0.5) is 5.69 Å². The number of rotatable bonds is 12. The fourth-order valence-corrected chi connectivity index (χ4v) is 6.40. The Morgan fingerprint density at radius 3 is 2.23 bits per heavy atom. The predicted molar refractivity (Wildman–Crippen MR) is 162 cm³/mol. The van der Waals surface area contributed by atoms with Gasteiger partial charge in [0.05, 0.1) is 20.6 Å². The molecule has 0 fully saturated rings. The summed E-state index contributed by atoms with van der Waals surface area (Å²) in [5, 5.41) is 3.64. The van der Waals surface area contributed by atoms with Crippen LogP contribution in [0.5, 0.6) is 0 Å². The normalized spacial score (nSPS) is 12.1. The molecule has 12 heteroatoms. The number of benzene rings is 3. The summed E-state index contributed by atoms with van der Waals surface area (Å²) >= 11 is 25.2. The molecule has 3 aromatic carbocycles. The number of halogens is 4. The molecule has 1 N–H and O–H groups in total. The maximum Gasteiger partial charge on any atom is 0.264 e. The maximum absolute atomic E-state index is 14.1. The standard InChI is InChI=1S/C28H29Cl4N3O4S/c1-3-15-33-28(37)24(4-2)34(17-19-13-14-20(29)16-23(19)31)26(36)18-35(25-12-8-11-22(30)27(25)32)40(38,39)21-9-6-5-7-10-21/h5-14,16,24H,3-4,15,17-18H2,1-2H3,(H,33,37)/t24-/m0/s1. The molecule has 1 atom stereocenters. The summed E-state index contributed by atoms with van der Waals surface area (Å²) in [6.45, 7) is 3.39. The first kappa shape index (κ1) is 32.0. The Hall–Kier alpha value is -2.49. The molecule has 0 unspecified atom stereocenters. The minimum absolute atomic E-state index is 0.0272. The van der Waals surface area contributed by atoms with Gasteiger partial charge in [-0.1, -0.05) is 90.6 Å². The minimum Gasteiger partial charge on any atom is -0.354 e. The number of nitrogens with one attached hydrogen (secondary N) is 1. The second kappa shape index (κ2) is 14.4. The number of carbonyl (C=O) groups is 2. The summed E-state index contributed by atoms with van der Waals surface area (Å²) in [4.78, 5) is 28.5. The topological polar surface area (TPSA) is 86.8 Å². The molecule has 7 nitrogen and oxygen atoms in total. The van der Waals surface area contributed by atoms with Crippen molar-refractivity contribution >= 4 is 73.9 Å². The summed E-state index contributed by atoms with van der Waals surface area (Å²) in [5.74, 6) is -0.999. The Bertz CT molecular complexity index is 1460. The highest BCUT2D eigenvalue weighted by atomic mass is 35.5. The summed E-state index contributed by atoms with van der Waals surface area (Å²) < 4.78 is 28.6. The Kier molecular flexibility index (Phi) is 11.5. The van der Waals surface area contributed by atoms with Crippen LogP contribution in [0.25, 0.3) is 0 Å². The van der Waals surface area contributed by atoms with Crippen molar-refractivity contribution in [1.29, 1.82) is 0 Å². The van der Waals surface area contributed by atoms with E-state index in [0.29, 0.717) is 28.6 Å². The van der Waals surface area contributed by atoms with Gasteiger partial charge in [0, 0.05) is 23.1 Å². The van der Waals surface area contributed by atoms with E-state index in [1.54, 1.807) is 43.3 Å². The Morgan fingerprint density at radius 1 is 0.900 bits per heavy atom. The third kappa shape index (κ3) is 7.62. The van der Waals surface area contributed by atoms with E-state index < -0.39 is 28.5 Å². The van der Waals surface area contributed by atoms with E-state index >= 15 is 0 Å². The molecule has 0 saturated carbocycles. The van der Waals surface area contributed by atoms with E-state index in [2.05, 4.69) is 5.32 Å². The van der Waals surface area contributed by atoms with Crippen molar-refractivity contribution < 1.29 is 18.0 Å². The highest BCUT2D eigenvalue weighted by Crippen LogP contribution is 2.35. The van der Waals surface area contributed by atoms with Crippen LogP contribution in [0.15, 0.2) is 71.6 Å². The molecular formula is C28H29Cl4N3O4S. The van der Waals surface area contributed by atoms with Gasteiger partial charge in [-0.3, -0.25) is 13.9 Å². The third-order valence-corrected chi connectivity index (χ3v) is 9.27. The van der Waals surface area contributed by atoms with Gasteiger partial charge in [-0.05, 0) is 54.8 Å². The van der Waals surface area contributed by atoms with Crippen molar-refractivity contribution in [3.63, 3.8) is 0 Å². The zero-order valence-corrected chi connectivity index (χ0v) is 25.8. The fourth-order valence-electron chi connectivity index (χ4n) is 4.04. The molecule has 0 bridgehead atoms. The number of anilines is 1. The fraction of sp³-hybridized carbons (Fsp3) is 0.286. The van der Waals surface area contributed by atoms with Crippen LogP contribution in [0, 0.1) is 0 Å². The zero-order chi connectivity index (χ0) is 29.4. The highest BCUT2D eigenvalue weighted by molar-refractivity contribution is 7.92. The van der Waals surface area contributed by atoms with Crippen LogP contribution in [0.3, 0.4) is 0 Å². The number of amides is 2. The van der Waals surface area contributed by atoms with Crippen LogP contribution in [0.1, 0.15) is 32.3 Å². The minimum atomic E-state index is -4.28. The molecule has 0 aromatic heterocycles. The molecule has 214 valence electrons. The lowest BCUT2D eigenvalue weighted by atomic mass is 10.1. The van der Waals surface area contributed by atoms with Gasteiger partial charge in [-0.25, -0.2) is 8.42 Å². The predicted octanol–water partition coefficient (Wildman–Crippen LogP) is 6.83. The van der Waals surface area contributed by atoms with Gasteiger partial charge in [-0.2, -0.15) is 0 Å². The lowest BCUT2D eigenvalue weighted by Gasteiger charge is -2.33. The summed E-state index contributed by atoms with van der Waals surface area (Å²) in [7, 11) is -4.28. The van der Waals surface area contributed by atoms with Gasteiger partial charge in [0.25, 0.3) is 10.0 Å². The SMILES string of the molecule is CCCNC(=O)[C@H](CC)N(Cc1ccc(Cl)cc1Cl)C(=O)CN(c1cccc(Cl)c1Cl)S(=O)(=O)c1ccccc1. The highest BCUT2D eigenvalue weighted by Gasteiger charge is 2.34. The van der Waals surface area contributed by atoms with Gasteiger partial charge >= 0.3 is 0 Å². The van der Waals surface area contributed by atoms with Gasteiger partial charge < -0.3 is 10.2 Å². The molecule has 0 aliphatic rings. The molecule has 40 heavy (non-hydrogen) atoms. The number of hydrogen-bond acceptors (Lipinski definition) is 4. The average Bonchev–Trinajstić information content (AvgIpc) is 2.93. The molecule has 0 heterocycles. The Balaban J connectivity index is 2.10. The van der Waals surface area contributed by atoms with Crippen LogP contribution in [-0.4, -0.2) is 44.3 Å². The van der Waals surface area contributed by atoms with Gasteiger partial charge in [0.1, 0.15) is 12.6 Å². The Morgan fingerprint density at radius 2 is 1.60 bits per heavy atom. The molecule has 3 rings (SSSR count). The number of sulfonamides is 1. The van der Waals surface area contributed by atoms with E-state index in [4.69, 9.17) is 46.4 Å². The lowest BCUT2D eigenvalue weighted by Crippen LogP contribution is -2.52. The van der Waals surface area contributed by atoms with E-state index in [1.807, 2.05) is 6.92 Å². The maximum atomic E-state index is 14.1. The van der Waals surface area contributed by atoms with Crippen molar-refractivity contribution in [2.75, 3.05) is 17.4 Å². The molecule has 0 saturated heterocycles. The van der Waals surface area contributed by atoms with Crippen molar-refractivity contribution in [3.8, 4) is 0 Å². The summed E-state index contributed by atoms with van der Waals surface area (Å²) in [6, 6.07) is 16.1. The van der Waals surface area contributed by atoms with Crippen molar-refractivity contribution in [2.45, 2.75) is 44.2 Å². The van der Waals surface area contributed by atoms with Gasteiger partial charge in [-0.15, -0.1) is 0 Å². The number of nitrogens with zero attached hydrogens (tertiary/aromatic N) is 2. The largest absolute Gasteiger partial charge is 0.354 e. The van der Waals surface area contributed by atoms with E-state index in [0.717, 1.165) is 4.31 Å². The quantitative estimate of drug-likeness (QED) is 0.234. The van der Waals surface area contributed by atoms with Gasteiger partial charge in [0.2, 0.25) is 11.8 Å². The first-order valence-electron chi connectivity index (χ1n) is 12.5. The molecule has 2 amide bonds. The van der Waals surface area contributed by atoms with Crippen molar-refractivity contribution in [1.82, 2.24) is 10.2 Å². The van der Waals surface area contributed by atoms with E-state index in [9.17, 15) is 18.0 Å². The average molecular weight is 645 g/mol. The number of hydrogen-bond donors (Lipinski definition) is 1. The monoisotopic (exact) mass is 643 g/mol. The van der Waals surface area contributed by atoms with Crippen LogP contribution in [0.2, 0.25) is 20.1 Å². The van der Waals surface area contributed by atoms with Crippen molar-refractivity contribution in [3.05, 3.63) is 92.4 Å². The lowest BCUT2D eigenvalue weighted by molar-refractivity contribution is -0.140. The molecule has 0 aliphatic heterocycles. The van der Waals surface area contributed by atoms with Crippen LogP contribution in [-0.2, 0) is 26.2 Å². The molecule has 0 aliphatic carbocycles. The first-order valence-corrected chi connectivity index (χ1v) is 15.5. The zero-order valence-electron chi connectivity index (χ0n) is 21.9. The first-order chi connectivity index (χ1) is 19.0. The molecular weight excluding hydrogens is 616 g/mol. The smallest absolute Gasteiger partial charge is 0.264 e. The van der Waals surface area contributed by atoms with Crippen LogP contribution >= 0.6 is 46.4 Å². The van der Waals surface area contributed by atoms with E-state index in [1.165, 1.54) is 35.2 Å². The second-order valence-electron chi connectivity index (χ2n) is 8.87. The molecule has 0 spiro atoms. The molecule has 0 radical (unpaired) electrons. The second-order valence-corrected chi connectivity index (χ2v) is 12.4. The molecule has 3 aromatic rings.